The van der Waals surface area contributed by atoms with Crippen LogP contribution in [0.2, 0.25) is 5.02 Å². The Morgan fingerprint density at radius 2 is 2.00 bits per heavy atom. The molecule has 9 heteroatoms. The van der Waals surface area contributed by atoms with Crippen molar-refractivity contribution in [2.24, 2.45) is 0 Å². The summed E-state index contributed by atoms with van der Waals surface area (Å²) in [6.45, 7) is 2.35. The summed E-state index contributed by atoms with van der Waals surface area (Å²) in [5.41, 5.74) is 0.891. The van der Waals surface area contributed by atoms with E-state index in [-0.39, 0.29) is 10.9 Å². The first-order valence-corrected chi connectivity index (χ1v) is 12.4. The Kier molecular flexibility index (Phi) is 8.28. The quantitative estimate of drug-likeness (QED) is 0.549. The van der Waals surface area contributed by atoms with Gasteiger partial charge >= 0.3 is 6.09 Å². The van der Waals surface area contributed by atoms with Gasteiger partial charge in [0.2, 0.25) is 10.0 Å². The molecule has 1 aromatic carbocycles. The van der Waals surface area contributed by atoms with Gasteiger partial charge in [0, 0.05) is 49.0 Å². The number of benzene rings is 1. The summed E-state index contributed by atoms with van der Waals surface area (Å²) in [6, 6.07) is 11.2. The fourth-order valence-electron chi connectivity index (χ4n) is 3.73. The van der Waals surface area contributed by atoms with Crippen LogP contribution in [0.25, 0.3) is 0 Å². The van der Waals surface area contributed by atoms with E-state index in [1.54, 1.807) is 31.5 Å². The van der Waals surface area contributed by atoms with Gasteiger partial charge in [-0.15, -0.1) is 0 Å². The average molecular weight is 478 g/mol. The summed E-state index contributed by atoms with van der Waals surface area (Å²) >= 11 is 5.91. The van der Waals surface area contributed by atoms with Gasteiger partial charge in [0.15, 0.2) is 0 Å². The number of pyridine rings is 1. The average Bonchev–Trinajstić information content (AvgIpc) is 2.78. The Bertz CT molecular complexity index is 1030. The maximum absolute atomic E-state index is 13.3. The van der Waals surface area contributed by atoms with Gasteiger partial charge in [-0.1, -0.05) is 17.7 Å². The number of carbonyl (C=O) groups excluding carboxylic acids is 1. The standard InChI is InChI=1S/C23H28ClN3O4S/c1-18-6-5-8-21(27(18)32(29,30)22-11-9-19(24)10-12-22)14-17-31-23(28)26(2)16-13-20-7-3-4-15-25-20/h3-4,7,9-12,14-15,17-18,21H,5-6,8,13,16H2,1-2H3/b17-14+/t18-,21?/m1/s1. The van der Waals surface area contributed by atoms with Gasteiger partial charge in [-0.05, 0) is 68.7 Å². The minimum absolute atomic E-state index is 0.171. The number of likely N-dealkylation sites (N-methyl/N-ethyl adjacent to an activating group) is 1. The van der Waals surface area contributed by atoms with Crippen molar-refractivity contribution in [2.45, 2.75) is 49.6 Å². The number of piperidine rings is 1. The molecule has 0 N–H and O–H groups in total. The molecule has 1 fully saturated rings. The second kappa shape index (κ2) is 10.9. The van der Waals surface area contributed by atoms with Gasteiger partial charge in [0.25, 0.3) is 0 Å². The largest absolute Gasteiger partial charge is 0.418 e. The number of ether oxygens (including phenoxy) is 1. The molecule has 32 heavy (non-hydrogen) atoms. The summed E-state index contributed by atoms with van der Waals surface area (Å²) in [5.74, 6) is 0. The van der Waals surface area contributed by atoms with Crippen LogP contribution in [0.15, 0.2) is 65.9 Å². The molecule has 0 spiro atoms. The number of rotatable bonds is 7. The van der Waals surface area contributed by atoms with Crippen molar-refractivity contribution in [1.29, 1.82) is 0 Å². The first-order valence-electron chi connectivity index (χ1n) is 10.6. The first kappa shape index (κ1) is 24.2. The third-order valence-corrected chi connectivity index (χ3v) is 7.79. The third kappa shape index (κ3) is 6.09. The zero-order valence-corrected chi connectivity index (χ0v) is 19.8. The van der Waals surface area contributed by atoms with Crippen LogP contribution in [0.3, 0.4) is 0 Å². The van der Waals surface area contributed by atoms with E-state index in [9.17, 15) is 13.2 Å². The number of nitrogens with zero attached hydrogens (tertiary/aromatic N) is 3. The van der Waals surface area contributed by atoms with Crippen molar-refractivity contribution < 1.29 is 17.9 Å². The Labute approximate surface area is 194 Å². The van der Waals surface area contributed by atoms with Crippen molar-refractivity contribution in [2.75, 3.05) is 13.6 Å². The molecule has 1 aliphatic rings. The SMILES string of the molecule is C[C@@H]1CCCC(/C=C/OC(=O)N(C)CCc2ccccn2)N1S(=O)(=O)c1ccc(Cl)cc1. The van der Waals surface area contributed by atoms with Crippen LogP contribution in [0.5, 0.6) is 0 Å². The zero-order chi connectivity index (χ0) is 23.1. The molecule has 1 aliphatic heterocycles. The van der Waals surface area contributed by atoms with Gasteiger partial charge in [-0.3, -0.25) is 4.98 Å². The van der Waals surface area contributed by atoms with Crippen LogP contribution in [-0.4, -0.2) is 54.4 Å². The van der Waals surface area contributed by atoms with E-state index in [1.165, 1.54) is 27.6 Å². The molecule has 2 heterocycles. The molecule has 1 unspecified atom stereocenters. The highest BCUT2D eigenvalue weighted by Gasteiger charge is 2.36. The van der Waals surface area contributed by atoms with Crippen LogP contribution < -0.4 is 0 Å². The van der Waals surface area contributed by atoms with Crippen molar-refractivity contribution in [3.05, 3.63) is 71.7 Å². The molecular formula is C23H28ClN3O4S. The van der Waals surface area contributed by atoms with E-state index in [2.05, 4.69) is 4.98 Å². The summed E-state index contributed by atoms with van der Waals surface area (Å²) < 4.78 is 33.3. The number of aromatic nitrogens is 1. The number of sulfonamides is 1. The molecule has 1 saturated heterocycles. The maximum Gasteiger partial charge on any atom is 0.414 e. The Morgan fingerprint density at radius 3 is 2.69 bits per heavy atom. The van der Waals surface area contributed by atoms with Crippen molar-refractivity contribution in [3.63, 3.8) is 0 Å². The van der Waals surface area contributed by atoms with E-state index in [4.69, 9.17) is 16.3 Å². The monoisotopic (exact) mass is 477 g/mol. The molecule has 1 amide bonds. The lowest BCUT2D eigenvalue weighted by Gasteiger charge is -2.38. The number of amides is 1. The predicted molar refractivity (Wildman–Crippen MR) is 124 cm³/mol. The lowest BCUT2D eigenvalue weighted by Crippen LogP contribution is -2.47. The highest BCUT2D eigenvalue weighted by atomic mass is 35.5. The Balaban J connectivity index is 1.63. The van der Waals surface area contributed by atoms with Gasteiger partial charge in [0.05, 0.1) is 11.2 Å². The smallest absolute Gasteiger partial charge is 0.414 e. The van der Waals surface area contributed by atoms with Crippen LogP contribution in [0.4, 0.5) is 4.79 Å². The molecule has 0 bridgehead atoms. The van der Waals surface area contributed by atoms with Crippen LogP contribution in [0, 0.1) is 0 Å². The van der Waals surface area contributed by atoms with E-state index >= 15 is 0 Å². The molecule has 0 saturated carbocycles. The minimum Gasteiger partial charge on any atom is -0.418 e. The van der Waals surface area contributed by atoms with Crippen molar-refractivity contribution in [1.82, 2.24) is 14.2 Å². The third-order valence-electron chi connectivity index (χ3n) is 5.48. The molecule has 1 aromatic heterocycles. The van der Waals surface area contributed by atoms with Crippen molar-refractivity contribution in [3.8, 4) is 0 Å². The molecule has 172 valence electrons. The second-order valence-corrected chi connectivity index (χ2v) is 10.1. The fourth-order valence-corrected chi connectivity index (χ4v) is 5.69. The highest BCUT2D eigenvalue weighted by molar-refractivity contribution is 7.89. The lowest BCUT2D eigenvalue weighted by molar-refractivity contribution is 0.146. The zero-order valence-electron chi connectivity index (χ0n) is 18.2. The van der Waals surface area contributed by atoms with Crippen molar-refractivity contribution >= 4 is 27.7 Å². The van der Waals surface area contributed by atoms with Crippen LogP contribution >= 0.6 is 11.6 Å². The first-order chi connectivity index (χ1) is 15.3. The molecule has 7 nitrogen and oxygen atoms in total. The summed E-state index contributed by atoms with van der Waals surface area (Å²) in [6.07, 6.45) is 7.08. The Morgan fingerprint density at radius 1 is 1.25 bits per heavy atom. The molecule has 2 atom stereocenters. The van der Waals surface area contributed by atoms with E-state index < -0.39 is 22.2 Å². The summed E-state index contributed by atoms with van der Waals surface area (Å²) in [5, 5.41) is 0.478. The Hall–Kier alpha value is -2.42. The molecule has 2 aromatic rings. The molecular weight excluding hydrogens is 450 g/mol. The molecule has 0 radical (unpaired) electrons. The fraction of sp³-hybridized carbons (Fsp3) is 0.391. The summed E-state index contributed by atoms with van der Waals surface area (Å²) in [7, 11) is -2.07. The van der Waals surface area contributed by atoms with Crippen LogP contribution in [-0.2, 0) is 21.2 Å². The number of hydrogen-bond acceptors (Lipinski definition) is 5. The highest BCUT2D eigenvalue weighted by Crippen LogP contribution is 2.30. The van der Waals surface area contributed by atoms with E-state index in [1.807, 2.05) is 25.1 Å². The minimum atomic E-state index is -3.72. The number of hydrogen-bond donors (Lipinski definition) is 0. The van der Waals surface area contributed by atoms with Gasteiger partial charge < -0.3 is 9.64 Å². The van der Waals surface area contributed by atoms with Gasteiger partial charge in [0.1, 0.15) is 0 Å². The lowest BCUT2D eigenvalue weighted by atomic mass is 10.00. The van der Waals surface area contributed by atoms with Gasteiger partial charge in [-0.25, -0.2) is 13.2 Å². The second-order valence-electron chi connectivity index (χ2n) is 7.84. The normalized spacial score (nSPS) is 19.7. The number of carbonyl (C=O) groups is 1. The molecule has 0 aliphatic carbocycles. The van der Waals surface area contributed by atoms with E-state index in [0.29, 0.717) is 24.4 Å². The summed E-state index contributed by atoms with van der Waals surface area (Å²) in [4.78, 5) is 18.2. The molecule has 3 rings (SSSR count). The predicted octanol–water partition coefficient (Wildman–Crippen LogP) is 4.49. The van der Waals surface area contributed by atoms with Crippen LogP contribution in [0.1, 0.15) is 31.9 Å². The number of halogens is 1. The topological polar surface area (TPSA) is 79.8 Å². The van der Waals surface area contributed by atoms with E-state index in [0.717, 1.165) is 18.5 Å². The van der Waals surface area contributed by atoms with Gasteiger partial charge in [-0.2, -0.15) is 4.31 Å². The maximum atomic E-state index is 13.3.